The molecule has 142 valence electrons. The van der Waals surface area contributed by atoms with Gasteiger partial charge in [0.05, 0.1) is 0 Å². The van der Waals surface area contributed by atoms with Gasteiger partial charge in [0.25, 0.3) is 0 Å². The van der Waals surface area contributed by atoms with Crippen LogP contribution in [0.15, 0.2) is 35.3 Å². The maximum Gasteiger partial charge on any atom is 0.223 e. The maximum absolute atomic E-state index is 11.6. The predicted octanol–water partition coefficient (Wildman–Crippen LogP) is 3.01. The molecule has 5 nitrogen and oxygen atoms in total. The molecule has 0 atom stereocenters. The Kier molecular flexibility index (Phi) is 11.5. The summed E-state index contributed by atoms with van der Waals surface area (Å²) in [5.74, 6) is 0.850. The van der Waals surface area contributed by atoms with Crippen molar-refractivity contribution >= 4 is 35.8 Å². The second kappa shape index (κ2) is 12.1. The quantitative estimate of drug-likeness (QED) is 0.356. The van der Waals surface area contributed by atoms with Crippen molar-refractivity contribution in [2.24, 2.45) is 4.99 Å². The number of amides is 1. The summed E-state index contributed by atoms with van der Waals surface area (Å²) in [7, 11) is 5.30. The fourth-order valence-corrected chi connectivity index (χ4v) is 2.79. The van der Waals surface area contributed by atoms with Crippen LogP contribution in [-0.2, 0) is 10.2 Å². The van der Waals surface area contributed by atoms with Crippen molar-refractivity contribution in [3.05, 3.63) is 35.9 Å². The van der Waals surface area contributed by atoms with E-state index in [4.69, 9.17) is 0 Å². The Balaban J connectivity index is 0.00000576. The highest BCUT2D eigenvalue weighted by Gasteiger charge is 2.28. The van der Waals surface area contributed by atoms with Gasteiger partial charge < -0.3 is 15.5 Å². The van der Waals surface area contributed by atoms with Crippen molar-refractivity contribution in [2.75, 3.05) is 34.2 Å². The zero-order valence-electron chi connectivity index (χ0n) is 16.1. The van der Waals surface area contributed by atoms with Crippen LogP contribution in [-0.4, -0.2) is 51.0 Å². The van der Waals surface area contributed by atoms with Gasteiger partial charge in [-0.2, -0.15) is 0 Å². The van der Waals surface area contributed by atoms with E-state index < -0.39 is 0 Å². The summed E-state index contributed by atoms with van der Waals surface area (Å²) in [5, 5.41) is 6.65. The molecule has 0 heterocycles. The zero-order chi connectivity index (χ0) is 18.0. The van der Waals surface area contributed by atoms with E-state index in [9.17, 15) is 4.79 Å². The molecule has 0 saturated heterocycles. The molecule has 1 rings (SSSR count). The molecule has 6 heteroatoms. The molecular formula is C19H33IN4O. The molecule has 1 aromatic rings. The molecule has 0 radical (unpaired) electrons. The number of halogens is 1. The van der Waals surface area contributed by atoms with Crippen LogP contribution < -0.4 is 10.6 Å². The van der Waals surface area contributed by atoms with E-state index in [1.54, 1.807) is 26.0 Å². The molecule has 2 N–H and O–H groups in total. The van der Waals surface area contributed by atoms with E-state index in [1.807, 2.05) is 0 Å². The SMILES string of the molecule is CCC(CC)(CNC(=NC)NCCC(=O)N(C)C)c1ccccc1.I. The van der Waals surface area contributed by atoms with Crippen LogP contribution in [0.1, 0.15) is 38.7 Å². The third kappa shape index (κ3) is 7.22. The van der Waals surface area contributed by atoms with E-state index in [1.165, 1.54) is 5.56 Å². The number of rotatable bonds is 8. The van der Waals surface area contributed by atoms with Gasteiger partial charge in [0, 0.05) is 46.1 Å². The van der Waals surface area contributed by atoms with Crippen LogP contribution in [0, 0.1) is 0 Å². The summed E-state index contributed by atoms with van der Waals surface area (Å²) in [4.78, 5) is 17.5. The summed E-state index contributed by atoms with van der Waals surface area (Å²) in [6, 6.07) is 10.6. The molecule has 0 bridgehead atoms. The summed E-state index contributed by atoms with van der Waals surface area (Å²) >= 11 is 0. The minimum absolute atomic E-state index is 0. The van der Waals surface area contributed by atoms with E-state index in [0.717, 1.165) is 25.3 Å². The molecule has 0 aliphatic heterocycles. The number of carbonyl (C=O) groups excluding carboxylic acids is 1. The van der Waals surface area contributed by atoms with Crippen LogP contribution in [0.25, 0.3) is 0 Å². The van der Waals surface area contributed by atoms with Crippen molar-refractivity contribution in [3.63, 3.8) is 0 Å². The lowest BCUT2D eigenvalue weighted by Gasteiger charge is -2.33. The van der Waals surface area contributed by atoms with Crippen molar-refractivity contribution in [2.45, 2.75) is 38.5 Å². The summed E-state index contributed by atoms with van der Waals surface area (Å²) < 4.78 is 0. The topological polar surface area (TPSA) is 56.7 Å². The van der Waals surface area contributed by atoms with E-state index >= 15 is 0 Å². The minimum atomic E-state index is 0. The molecule has 1 amide bonds. The van der Waals surface area contributed by atoms with Crippen LogP contribution in [0.5, 0.6) is 0 Å². The van der Waals surface area contributed by atoms with Gasteiger partial charge in [-0.1, -0.05) is 44.2 Å². The molecule has 1 aromatic carbocycles. The summed E-state index contributed by atoms with van der Waals surface area (Å²) in [6.45, 7) is 5.84. The zero-order valence-corrected chi connectivity index (χ0v) is 18.5. The smallest absolute Gasteiger partial charge is 0.223 e. The Morgan fingerprint density at radius 2 is 1.72 bits per heavy atom. The lowest BCUT2D eigenvalue weighted by molar-refractivity contribution is -0.128. The van der Waals surface area contributed by atoms with Gasteiger partial charge in [-0.25, -0.2) is 0 Å². The van der Waals surface area contributed by atoms with Crippen molar-refractivity contribution in [1.29, 1.82) is 0 Å². The lowest BCUT2D eigenvalue weighted by Crippen LogP contribution is -2.46. The fraction of sp³-hybridized carbons (Fsp3) is 0.579. The van der Waals surface area contributed by atoms with Gasteiger partial charge in [-0.15, -0.1) is 24.0 Å². The summed E-state index contributed by atoms with van der Waals surface area (Å²) in [5.41, 5.74) is 1.43. The van der Waals surface area contributed by atoms with Crippen LogP contribution in [0.4, 0.5) is 0 Å². The molecule has 0 unspecified atom stereocenters. The maximum atomic E-state index is 11.6. The minimum Gasteiger partial charge on any atom is -0.356 e. The van der Waals surface area contributed by atoms with E-state index in [-0.39, 0.29) is 35.3 Å². The molecule has 0 spiro atoms. The Hall–Kier alpha value is -1.31. The number of hydrogen-bond donors (Lipinski definition) is 2. The Morgan fingerprint density at radius 3 is 2.20 bits per heavy atom. The third-order valence-corrected chi connectivity index (χ3v) is 4.69. The average molecular weight is 460 g/mol. The molecule has 0 saturated carbocycles. The fourth-order valence-electron chi connectivity index (χ4n) is 2.79. The van der Waals surface area contributed by atoms with Crippen molar-refractivity contribution < 1.29 is 4.79 Å². The number of benzene rings is 1. The van der Waals surface area contributed by atoms with Gasteiger partial charge in [0.15, 0.2) is 5.96 Å². The van der Waals surface area contributed by atoms with Crippen LogP contribution in [0.2, 0.25) is 0 Å². The van der Waals surface area contributed by atoms with E-state index in [0.29, 0.717) is 13.0 Å². The van der Waals surface area contributed by atoms with Gasteiger partial charge in [0.1, 0.15) is 0 Å². The number of nitrogens with one attached hydrogen (secondary N) is 2. The first-order valence-electron chi connectivity index (χ1n) is 8.69. The number of hydrogen-bond acceptors (Lipinski definition) is 2. The molecule has 0 aliphatic rings. The molecule has 25 heavy (non-hydrogen) atoms. The Bertz CT molecular complexity index is 527. The monoisotopic (exact) mass is 460 g/mol. The van der Waals surface area contributed by atoms with Crippen molar-refractivity contribution in [3.8, 4) is 0 Å². The lowest BCUT2D eigenvalue weighted by atomic mass is 9.76. The highest BCUT2D eigenvalue weighted by atomic mass is 127. The average Bonchev–Trinajstić information content (AvgIpc) is 2.61. The highest BCUT2D eigenvalue weighted by Crippen LogP contribution is 2.30. The number of guanidine groups is 1. The van der Waals surface area contributed by atoms with Crippen LogP contribution >= 0.6 is 24.0 Å². The number of carbonyl (C=O) groups is 1. The van der Waals surface area contributed by atoms with Gasteiger partial charge in [-0.3, -0.25) is 9.79 Å². The second-order valence-corrected chi connectivity index (χ2v) is 6.24. The molecular weight excluding hydrogens is 427 g/mol. The first kappa shape index (κ1) is 23.7. The van der Waals surface area contributed by atoms with Gasteiger partial charge in [0.2, 0.25) is 5.91 Å². The molecule has 0 aromatic heterocycles. The number of nitrogens with zero attached hydrogens (tertiary/aromatic N) is 2. The largest absolute Gasteiger partial charge is 0.356 e. The molecule has 0 fully saturated rings. The third-order valence-electron chi connectivity index (χ3n) is 4.69. The highest BCUT2D eigenvalue weighted by molar-refractivity contribution is 14.0. The van der Waals surface area contributed by atoms with Gasteiger partial charge >= 0.3 is 0 Å². The number of aliphatic imine (C=N–C) groups is 1. The molecule has 0 aliphatic carbocycles. The Labute approximate surface area is 169 Å². The first-order chi connectivity index (χ1) is 11.5. The summed E-state index contributed by atoms with van der Waals surface area (Å²) in [6.07, 6.45) is 2.56. The van der Waals surface area contributed by atoms with E-state index in [2.05, 4.69) is 59.8 Å². The van der Waals surface area contributed by atoms with Crippen LogP contribution in [0.3, 0.4) is 0 Å². The normalized spacial score (nSPS) is 11.5. The standard InChI is InChI=1S/C19H32N4O.HI/c1-6-19(7-2,16-11-9-8-10-12-16)15-22-18(20-3)21-14-13-17(24)23(4)5;/h8-12H,6-7,13-15H2,1-5H3,(H2,20,21,22);1H. The van der Waals surface area contributed by atoms with Crippen molar-refractivity contribution in [1.82, 2.24) is 15.5 Å². The predicted molar refractivity (Wildman–Crippen MR) is 117 cm³/mol. The second-order valence-electron chi connectivity index (χ2n) is 6.24. The first-order valence-corrected chi connectivity index (χ1v) is 8.69. The van der Waals surface area contributed by atoms with Gasteiger partial charge in [-0.05, 0) is 18.4 Å². The Morgan fingerprint density at radius 1 is 1.12 bits per heavy atom.